The summed E-state index contributed by atoms with van der Waals surface area (Å²) in [5.74, 6) is -0.128. The highest BCUT2D eigenvalue weighted by Crippen LogP contribution is 2.25. The molecule has 0 spiro atoms. The molecule has 1 N–H and O–H groups in total. The molecule has 3 aromatic carbocycles. The van der Waals surface area contributed by atoms with Crippen LogP contribution < -0.4 is 4.74 Å². The number of ether oxygens (including phenoxy) is 1. The topological polar surface area (TPSA) is 46.5 Å². The van der Waals surface area contributed by atoms with Crippen molar-refractivity contribution in [1.82, 2.24) is 0 Å². The maximum atomic E-state index is 10.7. The van der Waals surface area contributed by atoms with Crippen LogP contribution in [-0.4, -0.2) is 17.7 Å². The molecule has 0 aliphatic heterocycles. The van der Waals surface area contributed by atoms with E-state index >= 15 is 0 Å². The minimum absolute atomic E-state index is 0.0158. The average molecular weight is 423 g/mol. The number of carboxylic acids is 1. The molecule has 0 atom stereocenters. The summed E-state index contributed by atoms with van der Waals surface area (Å²) in [6, 6.07) is 25.5. The zero-order valence-electron chi connectivity index (χ0n) is 14.6. The number of aliphatic carboxylic acids is 1. The highest BCUT2D eigenvalue weighted by atomic mass is 79.9. The molecule has 0 bridgehead atoms. The average Bonchev–Trinajstić information content (AvgIpc) is 2.68. The molecule has 0 aliphatic carbocycles. The van der Waals surface area contributed by atoms with Gasteiger partial charge in [-0.15, -0.1) is 0 Å². The molecule has 0 heterocycles. The number of benzene rings is 3. The molecule has 0 radical (unpaired) electrons. The van der Waals surface area contributed by atoms with Gasteiger partial charge in [-0.05, 0) is 52.6 Å². The van der Waals surface area contributed by atoms with Gasteiger partial charge in [-0.1, -0.05) is 70.5 Å². The van der Waals surface area contributed by atoms with Gasteiger partial charge in [0, 0.05) is 4.47 Å². The van der Waals surface area contributed by atoms with E-state index in [0.29, 0.717) is 12.4 Å². The first-order valence-electron chi connectivity index (χ1n) is 8.57. The summed E-state index contributed by atoms with van der Waals surface area (Å²) in [5.41, 5.74) is 4.10. The fourth-order valence-corrected chi connectivity index (χ4v) is 3.01. The Labute approximate surface area is 167 Å². The maximum Gasteiger partial charge on any atom is 0.307 e. The van der Waals surface area contributed by atoms with Crippen LogP contribution in [0.3, 0.4) is 0 Å². The van der Waals surface area contributed by atoms with Crippen LogP contribution in [0.5, 0.6) is 5.75 Å². The van der Waals surface area contributed by atoms with E-state index in [1.165, 1.54) is 0 Å². The van der Waals surface area contributed by atoms with Crippen LogP contribution in [0.4, 0.5) is 0 Å². The second kappa shape index (κ2) is 9.19. The summed E-state index contributed by atoms with van der Waals surface area (Å²) in [6.45, 7) is 0.415. The van der Waals surface area contributed by atoms with Crippen molar-refractivity contribution in [2.45, 2.75) is 6.42 Å². The number of halogens is 1. The van der Waals surface area contributed by atoms with Crippen LogP contribution in [0.15, 0.2) is 89.4 Å². The first-order chi connectivity index (χ1) is 13.1. The third-order valence-electron chi connectivity index (χ3n) is 4.06. The Bertz CT molecular complexity index is 914. The summed E-state index contributed by atoms with van der Waals surface area (Å²) in [7, 11) is 0. The lowest BCUT2D eigenvalue weighted by atomic mass is 9.98. The normalized spacial score (nSPS) is 11.2. The Hall–Kier alpha value is -2.85. The molecule has 136 valence electrons. The molecule has 0 aliphatic rings. The molecule has 0 fully saturated rings. The zero-order chi connectivity index (χ0) is 19.1. The van der Waals surface area contributed by atoms with Crippen molar-refractivity contribution in [3.8, 4) is 5.75 Å². The third-order valence-corrected chi connectivity index (χ3v) is 4.58. The second-order valence-electron chi connectivity index (χ2n) is 6.02. The van der Waals surface area contributed by atoms with Gasteiger partial charge in [-0.3, -0.25) is 4.79 Å². The van der Waals surface area contributed by atoms with Crippen LogP contribution in [0.25, 0.3) is 5.57 Å². The van der Waals surface area contributed by atoms with Crippen molar-refractivity contribution in [3.05, 3.63) is 106 Å². The van der Waals surface area contributed by atoms with E-state index in [1.54, 1.807) is 24.3 Å². The highest BCUT2D eigenvalue weighted by Gasteiger charge is 2.05. The van der Waals surface area contributed by atoms with E-state index in [-0.39, 0.29) is 6.42 Å². The molecular weight excluding hydrogens is 404 g/mol. The van der Waals surface area contributed by atoms with Crippen molar-refractivity contribution in [1.29, 1.82) is 0 Å². The lowest BCUT2D eigenvalue weighted by molar-refractivity contribution is -0.136. The highest BCUT2D eigenvalue weighted by molar-refractivity contribution is 9.10. The molecular formula is C23H19BrO3. The van der Waals surface area contributed by atoms with Crippen molar-refractivity contribution >= 4 is 27.5 Å². The van der Waals surface area contributed by atoms with Crippen molar-refractivity contribution in [2.75, 3.05) is 6.61 Å². The van der Waals surface area contributed by atoms with E-state index in [0.717, 1.165) is 26.7 Å². The summed E-state index contributed by atoms with van der Waals surface area (Å²) in [4.78, 5) is 10.7. The fourth-order valence-electron chi connectivity index (χ4n) is 2.75. The van der Waals surface area contributed by atoms with E-state index < -0.39 is 5.97 Å². The Morgan fingerprint density at radius 2 is 1.52 bits per heavy atom. The van der Waals surface area contributed by atoms with Gasteiger partial charge in [0.2, 0.25) is 0 Å². The summed E-state index contributed by atoms with van der Waals surface area (Å²) in [6.07, 6.45) is 2.08. The van der Waals surface area contributed by atoms with Gasteiger partial charge in [0.1, 0.15) is 12.4 Å². The third kappa shape index (κ3) is 5.56. The van der Waals surface area contributed by atoms with Crippen LogP contribution >= 0.6 is 15.9 Å². The minimum atomic E-state index is -0.839. The van der Waals surface area contributed by atoms with E-state index in [9.17, 15) is 4.79 Å². The lowest BCUT2D eigenvalue weighted by Gasteiger charge is -2.10. The van der Waals surface area contributed by atoms with Crippen molar-refractivity contribution < 1.29 is 14.6 Å². The Kier molecular flexibility index (Phi) is 6.44. The molecule has 4 heteroatoms. The van der Waals surface area contributed by atoms with Crippen LogP contribution in [-0.2, 0) is 11.2 Å². The molecule has 27 heavy (non-hydrogen) atoms. The number of rotatable bonds is 7. The predicted octanol–water partition coefficient (Wildman–Crippen LogP) is 5.59. The number of hydrogen-bond donors (Lipinski definition) is 1. The van der Waals surface area contributed by atoms with Gasteiger partial charge < -0.3 is 9.84 Å². The molecule has 0 saturated carbocycles. The Morgan fingerprint density at radius 1 is 0.889 bits per heavy atom. The molecule has 3 rings (SSSR count). The summed E-state index contributed by atoms with van der Waals surface area (Å²) < 4.78 is 6.87. The molecule has 0 saturated heterocycles. The first kappa shape index (κ1) is 18.9. The standard InChI is InChI=1S/C23H19BrO3/c24-20-10-8-19(9-11-20)22(18-4-2-1-3-5-18)14-15-27-21-12-6-17(7-13-21)16-23(25)26/h1-14H,15-16H2,(H,25,26). The quantitative estimate of drug-likeness (QED) is 0.539. The van der Waals surface area contributed by atoms with Crippen molar-refractivity contribution in [2.24, 2.45) is 0 Å². The Morgan fingerprint density at radius 3 is 2.15 bits per heavy atom. The largest absolute Gasteiger partial charge is 0.490 e. The molecule has 0 unspecified atom stereocenters. The van der Waals surface area contributed by atoms with Crippen LogP contribution in [0, 0.1) is 0 Å². The van der Waals surface area contributed by atoms with Gasteiger partial charge in [0.05, 0.1) is 6.42 Å². The van der Waals surface area contributed by atoms with E-state index in [4.69, 9.17) is 9.84 Å². The van der Waals surface area contributed by atoms with Gasteiger partial charge in [0.15, 0.2) is 0 Å². The van der Waals surface area contributed by atoms with Crippen molar-refractivity contribution in [3.63, 3.8) is 0 Å². The van der Waals surface area contributed by atoms with Gasteiger partial charge in [-0.2, -0.15) is 0 Å². The van der Waals surface area contributed by atoms with E-state index in [1.807, 2.05) is 30.3 Å². The monoisotopic (exact) mass is 422 g/mol. The molecule has 0 amide bonds. The summed E-state index contributed by atoms with van der Waals surface area (Å²) in [5, 5.41) is 8.83. The predicted molar refractivity (Wildman–Crippen MR) is 111 cm³/mol. The first-order valence-corrected chi connectivity index (χ1v) is 9.36. The van der Waals surface area contributed by atoms with Crippen LogP contribution in [0.1, 0.15) is 16.7 Å². The number of hydrogen-bond acceptors (Lipinski definition) is 2. The minimum Gasteiger partial charge on any atom is -0.490 e. The second-order valence-corrected chi connectivity index (χ2v) is 6.93. The molecule has 3 aromatic rings. The smallest absolute Gasteiger partial charge is 0.307 e. The summed E-state index contributed by atoms with van der Waals surface area (Å²) >= 11 is 3.47. The number of carbonyl (C=O) groups is 1. The Balaban J connectivity index is 1.76. The van der Waals surface area contributed by atoms with Gasteiger partial charge in [-0.25, -0.2) is 0 Å². The van der Waals surface area contributed by atoms with Crippen LogP contribution in [0.2, 0.25) is 0 Å². The fraction of sp³-hybridized carbons (Fsp3) is 0.0870. The van der Waals surface area contributed by atoms with E-state index in [2.05, 4.69) is 46.3 Å². The lowest BCUT2D eigenvalue weighted by Crippen LogP contribution is -2.00. The molecule has 3 nitrogen and oxygen atoms in total. The maximum absolute atomic E-state index is 10.7. The molecule has 0 aromatic heterocycles. The van der Waals surface area contributed by atoms with Gasteiger partial charge in [0.25, 0.3) is 0 Å². The van der Waals surface area contributed by atoms with Gasteiger partial charge >= 0.3 is 5.97 Å². The number of carboxylic acid groups (broad SMARTS) is 1. The zero-order valence-corrected chi connectivity index (χ0v) is 16.2. The SMILES string of the molecule is O=C(O)Cc1ccc(OCC=C(c2ccccc2)c2ccc(Br)cc2)cc1.